The van der Waals surface area contributed by atoms with Crippen LogP contribution in [0.2, 0.25) is 0 Å². The zero-order valence-corrected chi connectivity index (χ0v) is 17.8. The molecule has 0 saturated carbocycles. The van der Waals surface area contributed by atoms with Crippen molar-refractivity contribution in [1.29, 1.82) is 0 Å². The van der Waals surface area contributed by atoms with Gasteiger partial charge in [-0.05, 0) is 43.0 Å². The average molecular weight is 425 g/mol. The van der Waals surface area contributed by atoms with E-state index in [0.717, 1.165) is 22.5 Å². The lowest BCUT2D eigenvalue weighted by molar-refractivity contribution is -0.119. The number of nitrogens with zero attached hydrogens (tertiary/aromatic N) is 1. The van der Waals surface area contributed by atoms with E-state index in [-0.39, 0.29) is 22.4 Å². The van der Waals surface area contributed by atoms with Gasteiger partial charge in [0.1, 0.15) is 6.04 Å². The van der Waals surface area contributed by atoms with Crippen LogP contribution in [-0.4, -0.2) is 31.3 Å². The topological polar surface area (TPSA) is 131 Å². The first-order valence-electron chi connectivity index (χ1n) is 8.62. The molecule has 1 atom stereocenters. The predicted octanol–water partition coefficient (Wildman–Crippen LogP) is 1.73. The van der Waals surface area contributed by atoms with Gasteiger partial charge in [0.15, 0.2) is 5.13 Å². The highest BCUT2D eigenvalue weighted by Crippen LogP contribution is 2.19. The van der Waals surface area contributed by atoms with Gasteiger partial charge >= 0.3 is 0 Å². The lowest BCUT2D eigenvalue weighted by Crippen LogP contribution is -2.47. The Morgan fingerprint density at radius 2 is 1.89 bits per heavy atom. The average Bonchev–Trinajstić information content (AvgIpc) is 3.00. The van der Waals surface area contributed by atoms with Crippen LogP contribution in [0.1, 0.15) is 30.7 Å². The van der Waals surface area contributed by atoms with Crippen LogP contribution in [0.25, 0.3) is 0 Å². The first-order chi connectivity index (χ1) is 13.0. The summed E-state index contributed by atoms with van der Waals surface area (Å²) in [6, 6.07) is 3.82. The first-order valence-corrected chi connectivity index (χ1v) is 11.0. The lowest BCUT2D eigenvalue weighted by atomic mass is 10.1. The van der Waals surface area contributed by atoms with Crippen molar-refractivity contribution in [3.63, 3.8) is 0 Å². The van der Waals surface area contributed by atoms with Crippen molar-refractivity contribution in [3.05, 3.63) is 40.4 Å². The van der Waals surface area contributed by atoms with Gasteiger partial charge in [-0.15, -0.1) is 11.3 Å². The van der Waals surface area contributed by atoms with Crippen molar-refractivity contribution in [3.8, 4) is 0 Å². The molecule has 8 nitrogen and oxygen atoms in total. The van der Waals surface area contributed by atoms with E-state index in [2.05, 4.69) is 15.0 Å². The van der Waals surface area contributed by atoms with Gasteiger partial charge < -0.3 is 11.1 Å². The number of rotatable bonds is 8. The molecule has 0 aliphatic rings. The van der Waals surface area contributed by atoms with E-state index in [0.29, 0.717) is 5.69 Å². The van der Waals surface area contributed by atoms with Gasteiger partial charge in [-0.25, -0.2) is 13.4 Å². The number of thiazole rings is 1. The summed E-state index contributed by atoms with van der Waals surface area (Å²) in [5, 5.41) is 4.49. The number of nitrogens with two attached hydrogens (primary N) is 1. The van der Waals surface area contributed by atoms with E-state index in [1.165, 1.54) is 6.07 Å². The summed E-state index contributed by atoms with van der Waals surface area (Å²) in [5.74, 6) is -1.35. The van der Waals surface area contributed by atoms with Gasteiger partial charge in [0.2, 0.25) is 21.8 Å². The lowest BCUT2D eigenvalue weighted by Gasteiger charge is -2.21. The summed E-state index contributed by atoms with van der Waals surface area (Å²) in [6.07, 6.45) is -0.0284. The minimum absolute atomic E-state index is 0.0284. The predicted molar refractivity (Wildman–Crippen MR) is 109 cm³/mol. The number of carbonyl (C=O) groups excluding carboxylic acids is 2. The third kappa shape index (κ3) is 5.60. The molecule has 0 aliphatic carbocycles. The van der Waals surface area contributed by atoms with Crippen LogP contribution in [-0.2, 0) is 26.0 Å². The minimum Gasteiger partial charge on any atom is -0.369 e. The molecule has 2 amide bonds. The molecule has 0 spiro atoms. The Morgan fingerprint density at radius 3 is 2.46 bits per heavy atom. The van der Waals surface area contributed by atoms with E-state index in [1.807, 2.05) is 13.8 Å². The molecule has 0 radical (unpaired) electrons. The molecule has 1 aromatic heterocycles. The molecule has 2 rings (SSSR count). The van der Waals surface area contributed by atoms with Crippen molar-refractivity contribution >= 4 is 38.3 Å². The highest BCUT2D eigenvalue weighted by atomic mass is 32.2. The summed E-state index contributed by atoms with van der Waals surface area (Å²) < 4.78 is 28.0. The van der Waals surface area contributed by atoms with Crippen molar-refractivity contribution in [2.24, 2.45) is 11.7 Å². The fraction of sp³-hybridized carbons (Fsp3) is 0.389. The molecular weight excluding hydrogens is 400 g/mol. The number of carbonyl (C=O) groups is 2. The second-order valence-corrected chi connectivity index (χ2v) is 9.44. The molecule has 1 aromatic carbocycles. The number of benzene rings is 1. The molecular formula is C18H24N4O4S2. The molecule has 0 fully saturated rings. The summed E-state index contributed by atoms with van der Waals surface area (Å²) in [5.41, 5.74) is 7.40. The van der Waals surface area contributed by atoms with E-state index in [9.17, 15) is 18.0 Å². The fourth-order valence-electron chi connectivity index (χ4n) is 2.42. The second kappa shape index (κ2) is 8.80. The number of hydrogen-bond acceptors (Lipinski definition) is 6. The molecule has 0 bridgehead atoms. The Kier molecular flexibility index (Phi) is 6.91. The third-order valence-corrected chi connectivity index (χ3v) is 6.40. The monoisotopic (exact) mass is 424 g/mol. The number of anilines is 1. The van der Waals surface area contributed by atoms with Gasteiger partial charge in [-0.3, -0.25) is 9.59 Å². The molecule has 4 N–H and O–H groups in total. The third-order valence-electron chi connectivity index (χ3n) is 4.16. The fourth-order valence-corrected chi connectivity index (χ4v) is 4.56. The number of amides is 2. The maximum atomic E-state index is 12.7. The van der Waals surface area contributed by atoms with Gasteiger partial charge in [0, 0.05) is 5.38 Å². The van der Waals surface area contributed by atoms with Crippen molar-refractivity contribution < 1.29 is 18.0 Å². The number of aryl methyl sites for hydroxylation is 2. The van der Waals surface area contributed by atoms with Gasteiger partial charge in [-0.2, -0.15) is 4.72 Å². The van der Waals surface area contributed by atoms with Crippen molar-refractivity contribution in [2.45, 2.75) is 45.1 Å². The Morgan fingerprint density at radius 1 is 1.21 bits per heavy atom. The molecule has 0 aliphatic heterocycles. The molecule has 10 heteroatoms. The highest BCUT2D eigenvalue weighted by molar-refractivity contribution is 7.89. The van der Waals surface area contributed by atoms with E-state index in [1.54, 1.807) is 31.4 Å². The molecule has 28 heavy (non-hydrogen) atoms. The SMILES string of the molecule is Cc1ccc(S(=O)(=O)NC(C(=O)Nc2nc(CC(N)=O)cs2)C(C)C)cc1C. The number of nitrogens with one attached hydrogen (secondary N) is 2. The highest BCUT2D eigenvalue weighted by Gasteiger charge is 2.29. The van der Waals surface area contributed by atoms with E-state index in [4.69, 9.17) is 5.73 Å². The molecule has 1 unspecified atom stereocenters. The van der Waals surface area contributed by atoms with Gasteiger partial charge in [0.05, 0.1) is 17.0 Å². The van der Waals surface area contributed by atoms with Crippen LogP contribution >= 0.6 is 11.3 Å². The maximum absolute atomic E-state index is 12.7. The number of aromatic nitrogens is 1. The second-order valence-electron chi connectivity index (χ2n) is 6.87. The zero-order valence-electron chi connectivity index (χ0n) is 16.1. The van der Waals surface area contributed by atoms with Crippen LogP contribution in [0.5, 0.6) is 0 Å². The summed E-state index contributed by atoms with van der Waals surface area (Å²) >= 11 is 1.14. The van der Waals surface area contributed by atoms with Gasteiger partial charge in [-0.1, -0.05) is 19.9 Å². The zero-order chi connectivity index (χ0) is 21.1. The quantitative estimate of drug-likeness (QED) is 0.594. The van der Waals surface area contributed by atoms with Crippen LogP contribution in [0.15, 0.2) is 28.5 Å². The van der Waals surface area contributed by atoms with E-state index >= 15 is 0 Å². The van der Waals surface area contributed by atoms with Crippen molar-refractivity contribution in [1.82, 2.24) is 9.71 Å². The summed E-state index contributed by atoms with van der Waals surface area (Å²) in [7, 11) is -3.88. The Balaban J connectivity index is 2.17. The number of sulfonamides is 1. The number of primary amides is 1. The maximum Gasteiger partial charge on any atom is 0.244 e. The summed E-state index contributed by atoms with van der Waals surface area (Å²) in [6.45, 7) is 7.21. The van der Waals surface area contributed by atoms with Crippen LogP contribution in [0.4, 0.5) is 5.13 Å². The number of hydrogen-bond donors (Lipinski definition) is 3. The molecule has 0 saturated heterocycles. The molecule has 2 aromatic rings. The van der Waals surface area contributed by atoms with Crippen LogP contribution in [0.3, 0.4) is 0 Å². The van der Waals surface area contributed by atoms with Crippen molar-refractivity contribution in [2.75, 3.05) is 5.32 Å². The van der Waals surface area contributed by atoms with Gasteiger partial charge in [0.25, 0.3) is 0 Å². The standard InChI is InChI=1S/C18H24N4O4S2/c1-10(2)16(17(24)21-18-20-13(9-27-18)8-15(19)23)22-28(25,26)14-6-5-11(3)12(4)7-14/h5-7,9-10,16,22H,8H2,1-4H3,(H2,19,23)(H,20,21,24). The van der Waals surface area contributed by atoms with E-state index < -0.39 is 27.9 Å². The molecule has 1 heterocycles. The summed E-state index contributed by atoms with van der Waals surface area (Å²) in [4.78, 5) is 27.8. The largest absolute Gasteiger partial charge is 0.369 e. The Labute approximate surface area is 168 Å². The van der Waals surface area contributed by atoms with Crippen LogP contribution < -0.4 is 15.8 Å². The molecule has 152 valence electrons. The van der Waals surface area contributed by atoms with Crippen LogP contribution in [0, 0.1) is 19.8 Å². The minimum atomic E-state index is -3.88. The normalized spacial score (nSPS) is 12.8. The smallest absolute Gasteiger partial charge is 0.244 e. The Hall–Kier alpha value is -2.30. The Bertz CT molecular complexity index is 983. The first kappa shape index (κ1) is 22.0.